The molecule has 0 saturated carbocycles. The molecule has 0 aliphatic heterocycles. The number of fused-ring (bicyclic) bond motifs is 20. The van der Waals surface area contributed by atoms with Crippen molar-refractivity contribution in [3.8, 4) is 33.6 Å². The molecular weight excluding hydrogens is 833 g/mol. The molecule has 2 aromatic heterocycles. The molecule has 3 aliphatic carbocycles. The number of benzene rings is 11. The molecule has 0 amide bonds. The van der Waals surface area contributed by atoms with Gasteiger partial charge in [-0.25, -0.2) is 0 Å². The zero-order valence-corrected chi connectivity index (χ0v) is 37.5. The van der Waals surface area contributed by atoms with E-state index in [1.807, 2.05) is 0 Å². The smallest absolute Gasteiger partial charge is 0.0659 e. The van der Waals surface area contributed by atoms with Crippen LogP contribution in [0.25, 0.3) is 121 Å². The van der Waals surface area contributed by atoms with Gasteiger partial charge in [0.25, 0.3) is 0 Å². The van der Waals surface area contributed by atoms with Crippen molar-refractivity contribution in [1.82, 2.24) is 9.13 Å². The molecule has 2 heterocycles. The van der Waals surface area contributed by atoms with E-state index in [4.69, 9.17) is 0 Å². The van der Waals surface area contributed by atoms with Crippen LogP contribution in [0.3, 0.4) is 0 Å². The molecule has 0 atom stereocenters. The van der Waals surface area contributed by atoms with Crippen molar-refractivity contribution in [3.05, 3.63) is 264 Å². The third-order valence-corrected chi connectivity index (χ3v) is 15.8. The summed E-state index contributed by atoms with van der Waals surface area (Å²) >= 11 is 0. The van der Waals surface area contributed by atoms with E-state index in [2.05, 4.69) is 252 Å². The van der Waals surface area contributed by atoms with Crippen molar-refractivity contribution < 1.29 is 0 Å². The van der Waals surface area contributed by atoms with Gasteiger partial charge in [0.2, 0.25) is 0 Å². The molecule has 0 unspecified atom stereocenters. The highest BCUT2D eigenvalue weighted by Gasteiger charge is 2.46. The monoisotopic (exact) mass is 872 g/mol. The zero-order valence-electron chi connectivity index (χ0n) is 37.5. The predicted octanol–water partition coefficient (Wildman–Crippen LogP) is 15.4. The Bertz CT molecular complexity index is 4600. The SMILES string of the molecule is C1=CC2(C3=c4cc5c6ccc(-n7c8ccccc8c8cc(-c9ccc%10c(c9)c9ccccc9n%10-c9ccccc9)ccc87)cc6c6ccccc6c5cc4=CC3=C1)c1ccccc1-c1ccccc12. The summed E-state index contributed by atoms with van der Waals surface area (Å²) in [6.45, 7) is 0. The summed E-state index contributed by atoms with van der Waals surface area (Å²) in [4.78, 5) is 0. The van der Waals surface area contributed by atoms with Gasteiger partial charge >= 0.3 is 0 Å². The van der Waals surface area contributed by atoms with Crippen LogP contribution in [-0.2, 0) is 5.41 Å². The van der Waals surface area contributed by atoms with E-state index in [1.54, 1.807) is 0 Å². The Morgan fingerprint density at radius 1 is 0.333 bits per heavy atom. The molecule has 0 N–H and O–H groups in total. The van der Waals surface area contributed by atoms with Gasteiger partial charge in [-0.05, 0) is 166 Å². The third kappa shape index (κ3) is 4.89. The molecule has 3 aliphatic rings. The molecule has 11 aromatic carbocycles. The zero-order chi connectivity index (χ0) is 45.0. The van der Waals surface area contributed by atoms with Gasteiger partial charge in [0.15, 0.2) is 0 Å². The van der Waals surface area contributed by atoms with Crippen molar-refractivity contribution in [2.24, 2.45) is 0 Å². The van der Waals surface area contributed by atoms with Crippen molar-refractivity contribution in [3.63, 3.8) is 0 Å². The average molecular weight is 873 g/mol. The van der Waals surface area contributed by atoms with Crippen LogP contribution in [0.1, 0.15) is 11.1 Å². The lowest BCUT2D eigenvalue weighted by molar-refractivity contribution is 0.859. The lowest BCUT2D eigenvalue weighted by Gasteiger charge is -2.34. The minimum Gasteiger partial charge on any atom is -0.309 e. The highest BCUT2D eigenvalue weighted by molar-refractivity contribution is 6.26. The van der Waals surface area contributed by atoms with E-state index >= 15 is 0 Å². The van der Waals surface area contributed by atoms with E-state index in [0.717, 1.165) is 5.69 Å². The van der Waals surface area contributed by atoms with Crippen LogP contribution in [0.15, 0.2) is 242 Å². The van der Waals surface area contributed by atoms with Gasteiger partial charge in [0.05, 0.1) is 27.5 Å². The summed E-state index contributed by atoms with van der Waals surface area (Å²) in [7, 11) is 0. The van der Waals surface area contributed by atoms with Gasteiger partial charge in [0, 0.05) is 32.9 Å². The first-order chi connectivity index (χ1) is 34.2. The van der Waals surface area contributed by atoms with Gasteiger partial charge in [-0.1, -0.05) is 164 Å². The molecule has 0 fully saturated rings. The summed E-state index contributed by atoms with van der Waals surface area (Å²) in [5.41, 5.74) is 17.3. The Hall–Kier alpha value is -8.98. The normalized spacial score (nSPS) is 14.3. The third-order valence-electron chi connectivity index (χ3n) is 15.8. The van der Waals surface area contributed by atoms with E-state index in [0.29, 0.717) is 0 Å². The molecule has 0 bridgehead atoms. The van der Waals surface area contributed by atoms with Crippen LogP contribution in [0.5, 0.6) is 0 Å². The molecule has 0 saturated heterocycles. The van der Waals surface area contributed by atoms with Crippen LogP contribution >= 0.6 is 0 Å². The summed E-state index contributed by atoms with van der Waals surface area (Å²) in [6.07, 6.45) is 9.48. The first kappa shape index (κ1) is 37.1. The van der Waals surface area contributed by atoms with E-state index in [9.17, 15) is 0 Å². The fraction of sp³-hybridized carbons (Fsp3) is 0.0149. The molecule has 1 spiro atoms. The Kier molecular flexibility index (Phi) is 7.30. The minimum absolute atomic E-state index is 0.363. The van der Waals surface area contributed by atoms with Gasteiger partial charge in [-0.3, -0.25) is 0 Å². The number of hydrogen-bond donors (Lipinski definition) is 0. The summed E-state index contributed by atoms with van der Waals surface area (Å²) in [6, 6.07) is 81.7. The Morgan fingerprint density at radius 3 is 1.49 bits per heavy atom. The van der Waals surface area contributed by atoms with E-state index < -0.39 is 0 Å². The number of allylic oxidation sites excluding steroid dienone is 4. The number of para-hydroxylation sites is 3. The van der Waals surface area contributed by atoms with Gasteiger partial charge in [-0.2, -0.15) is 0 Å². The Labute approximate surface area is 397 Å². The van der Waals surface area contributed by atoms with Crippen LogP contribution in [0.4, 0.5) is 0 Å². The largest absolute Gasteiger partial charge is 0.309 e. The average Bonchev–Trinajstić information content (AvgIpc) is 4.14. The van der Waals surface area contributed by atoms with Crippen molar-refractivity contribution in [2.45, 2.75) is 5.41 Å². The highest BCUT2D eigenvalue weighted by Crippen LogP contribution is 2.57. The summed E-state index contributed by atoms with van der Waals surface area (Å²) in [5.74, 6) is 0. The molecule has 2 nitrogen and oxygen atoms in total. The van der Waals surface area contributed by atoms with Crippen molar-refractivity contribution in [1.29, 1.82) is 0 Å². The fourth-order valence-electron chi connectivity index (χ4n) is 13.0. The molecular formula is C67H40N2. The second-order valence-corrected chi connectivity index (χ2v) is 19.2. The Morgan fingerprint density at radius 2 is 0.841 bits per heavy atom. The fourth-order valence-corrected chi connectivity index (χ4v) is 13.0. The Balaban J connectivity index is 0.897. The van der Waals surface area contributed by atoms with Crippen LogP contribution in [0.2, 0.25) is 0 Å². The quantitative estimate of drug-likeness (QED) is 0.157. The maximum Gasteiger partial charge on any atom is 0.0659 e. The van der Waals surface area contributed by atoms with Crippen LogP contribution in [0, 0.1) is 0 Å². The van der Waals surface area contributed by atoms with Crippen molar-refractivity contribution >= 4 is 87.6 Å². The maximum absolute atomic E-state index is 2.52. The van der Waals surface area contributed by atoms with Gasteiger partial charge in [-0.15, -0.1) is 0 Å². The summed E-state index contributed by atoms with van der Waals surface area (Å²) in [5, 5.41) is 15.3. The minimum atomic E-state index is -0.363. The number of aromatic nitrogens is 2. The van der Waals surface area contributed by atoms with E-state index in [1.165, 1.54) is 137 Å². The molecule has 0 radical (unpaired) electrons. The van der Waals surface area contributed by atoms with E-state index in [-0.39, 0.29) is 5.41 Å². The standard InChI is InChI=1S/C67H40N2/c1-2-16-45(17-3-1)68-62-26-12-8-22-52(62)58-36-41(28-32-64(58)68)42-29-33-65-59(37-42)53-23-9-13-27-63(53)69(65)46-30-31-49-56(39-46)48-19-5-4-18-47(48)55-38-44-35-43-15-14-34-67(66(43)54(44)40-57(49)55)60-24-10-6-20-50(60)51-21-7-11-25-61(51)67/h1-40H. The second-order valence-electron chi connectivity index (χ2n) is 19.2. The van der Waals surface area contributed by atoms with Crippen LogP contribution < -0.4 is 10.4 Å². The lowest BCUT2D eigenvalue weighted by atomic mass is 9.67. The second kappa shape index (κ2) is 13.6. The number of rotatable bonds is 3. The topological polar surface area (TPSA) is 9.86 Å². The first-order valence-corrected chi connectivity index (χ1v) is 24.1. The molecule has 318 valence electrons. The van der Waals surface area contributed by atoms with Crippen molar-refractivity contribution in [2.75, 3.05) is 0 Å². The molecule has 69 heavy (non-hydrogen) atoms. The van der Waals surface area contributed by atoms with Crippen LogP contribution in [-0.4, -0.2) is 9.13 Å². The van der Waals surface area contributed by atoms with Gasteiger partial charge in [0.1, 0.15) is 0 Å². The number of hydrogen-bond acceptors (Lipinski definition) is 0. The molecule has 16 rings (SSSR count). The molecule has 2 heteroatoms. The lowest BCUT2D eigenvalue weighted by Crippen LogP contribution is -2.33. The first-order valence-electron chi connectivity index (χ1n) is 24.1. The highest BCUT2D eigenvalue weighted by atomic mass is 15.0. The maximum atomic E-state index is 2.52. The molecule has 13 aromatic rings. The van der Waals surface area contributed by atoms with Gasteiger partial charge < -0.3 is 9.13 Å². The summed E-state index contributed by atoms with van der Waals surface area (Å²) < 4.78 is 4.86. The number of nitrogens with zero attached hydrogens (tertiary/aromatic N) is 2. The predicted molar refractivity (Wildman–Crippen MR) is 290 cm³/mol.